The number of nitrogens with one attached hydrogen (secondary N) is 1. The molecule has 1 amide bonds. The predicted octanol–water partition coefficient (Wildman–Crippen LogP) is 3.36. The van der Waals surface area contributed by atoms with Crippen molar-refractivity contribution in [1.82, 2.24) is 5.32 Å². The van der Waals surface area contributed by atoms with E-state index in [4.69, 9.17) is 4.74 Å². The molecule has 0 heterocycles. The number of aryl methyl sites for hydroxylation is 1. The molecule has 0 saturated carbocycles. The molecule has 0 aliphatic carbocycles. The lowest BCUT2D eigenvalue weighted by molar-refractivity contribution is -0.134. The summed E-state index contributed by atoms with van der Waals surface area (Å²) in [4.78, 5) is 23.2. The van der Waals surface area contributed by atoms with Gasteiger partial charge >= 0.3 is 5.97 Å². The van der Waals surface area contributed by atoms with Crippen LogP contribution in [0.25, 0.3) is 0 Å². The van der Waals surface area contributed by atoms with Gasteiger partial charge in [0.15, 0.2) is 0 Å². The normalized spacial score (nSPS) is 10.1. The van der Waals surface area contributed by atoms with E-state index in [0.29, 0.717) is 24.3 Å². The Kier molecular flexibility index (Phi) is 6.36. The van der Waals surface area contributed by atoms with Crippen LogP contribution in [0.15, 0.2) is 54.6 Å². The smallest absolute Gasteiger partial charge is 0.310 e. The fourth-order valence-electron chi connectivity index (χ4n) is 2.12. The van der Waals surface area contributed by atoms with E-state index in [1.807, 2.05) is 18.2 Å². The molecule has 0 aliphatic heterocycles. The van der Waals surface area contributed by atoms with E-state index in [1.54, 1.807) is 31.2 Å². The highest BCUT2D eigenvalue weighted by molar-refractivity contribution is 5.94. The molecule has 0 bridgehead atoms. The number of carbonyl (C=O) groups is 2. The molecular formula is C19H21NO3. The van der Waals surface area contributed by atoms with Crippen LogP contribution in [0.3, 0.4) is 0 Å². The summed E-state index contributed by atoms with van der Waals surface area (Å²) in [6, 6.07) is 16.8. The molecule has 1 N–H and O–H groups in total. The number of hydrogen-bond acceptors (Lipinski definition) is 3. The maximum absolute atomic E-state index is 12.0. The van der Waals surface area contributed by atoms with Gasteiger partial charge in [0.1, 0.15) is 5.75 Å². The van der Waals surface area contributed by atoms with E-state index in [9.17, 15) is 9.59 Å². The largest absolute Gasteiger partial charge is 0.427 e. The molecule has 0 spiro atoms. The molecular weight excluding hydrogens is 290 g/mol. The number of esters is 1. The summed E-state index contributed by atoms with van der Waals surface area (Å²) >= 11 is 0. The van der Waals surface area contributed by atoms with Gasteiger partial charge in [-0.2, -0.15) is 0 Å². The highest BCUT2D eigenvalue weighted by Gasteiger charge is 2.06. The third kappa shape index (κ3) is 5.58. The second-order valence-electron chi connectivity index (χ2n) is 5.20. The zero-order valence-corrected chi connectivity index (χ0v) is 13.2. The van der Waals surface area contributed by atoms with E-state index in [0.717, 1.165) is 12.8 Å². The zero-order chi connectivity index (χ0) is 16.5. The van der Waals surface area contributed by atoms with Crippen LogP contribution in [0, 0.1) is 0 Å². The van der Waals surface area contributed by atoms with E-state index < -0.39 is 0 Å². The Morgan fingerprint density at radius 2 is 1.70 bits per heavy atom. The molecule has 4 nitrogen and oxygen atoms in total. The summed E-state index contributed by atoms with van der Waals surface area (Å²) in [6.07, 6.45) is 2.15. The molecule has 0 atom stereocenters. The average Bonchev–Trinajstić information content (AvgIpc) is 2.60. The fourth-order valence-corrected chi connectivity index (χ4v) is 2.12. The Morgan fingerprint density at radius 3 is 2.35 bits per heavy atom. The van der Waals surface area contributed by atoms with Crippen molar-refractivity contribution in [3.8, 4) is 5.75 Å². The lowest BCUT2D eigenvalue weighted by Crippen LogP contribution is -2.24. The van der Waals surface area contributed by atoms with E-state index in [1.165, 1.54) is 5.56 Å². The molecule has 0 aromatic heterocycles. The summed E-state index contributed by atoms with van der Waals surface area (Å²) < 4.78 is 5.08. The second kappa shape index (κ2) is 8.73. The molecule has 120 valence electrons. The number of carbonyl (C=O) groups excluding carboxylic acids is 2. The Bertz CT molecular complexity index is 635. The first-order valence-electron chi connectivity index (χ1n) is 7.82. The number of amides is 1. The van der Waals surface area contributed by atoms with E-state index >= 15 is 0 Å². The molecule has 0 saturated heterocycles. The highest BCUT2D eigenvalue weighted by atomic mass is 16.5. The van der Waals surface area contributed by atoms with Gasteiger partial charge in [0.05, 0.1) is 0 Å². The van der Waals surface area contributed by atoms with Gasteiger partial charge in [-0.1, -0.05) is 37.3 Å². The van der Waals surface area contributed by atoms with Crippen molar-refractivity contribution in [2.24, 2.45) is 0 Å². The van der Waals surface area contributed by atoms with Crippen LogP contribution in [0.1, 0.15) is 35.7 Å². The van der Waals surface area contributed by atoms with Crippen LogP contribution in [-0.4, -0.2) is 18.4 Å². The van der Waals surface area contributed by atoms with Crippen molar-refractivity contribution in [3.05, 3.63) is 65.7 Å². The van der Waals surface area contributed by atoms with Crippen LogP contribution in [0.4, 0.5) is 0 Å². The molecule has 0 fully saturated rings. The van der Waals surface area contributed by atoms with Crippen molar-refractivity contribution in [3.63, 3.8) is 0 Å². The Hall–Kier alpha value is -2.62. The highest BCUT2D eigenvalue weighted by Crippen LogP contribution is 2.13. The molecule has 2 aromatic carbocycles. The third-order valence-corrected chi connectivity index (χ3v) is 3.41. The van der Waals surface area contributed by atoms with Gasteiger partial charge in [0.2, 0.25) is 0 Å². The minimum Gasteiger partial charge on any atom is -0.427 e. The van der Waals surface area contributed by atoms with Crippen molar-refractivity contribution < 1.29 is 14.3 Å². The van der Waals surface area contributed by atoms with Crippen LogP contribution in [0.5, 0.6) is 5.75 Å². The first-order chi connectivity index (χ1) is 11.2. The fraction of sp³-hybridized carbons (Fsp3) is 0.263. The minimum absolute atomic E-state index is 0.119. The zero-order valence-electron chi connectivity index (χ0n) is 13.2. The quantitative estimate of drug-likeness (QED) is 0.484. The van der Waals surface area contributed by atoms with Crippen LogP contribution < -0.4 is 10.1 Å². The first-order valence-corrected chi connectivity index (χ1v) is 7.82. The van der Waals surface area contributed by atoms with Crippen LogP contribution in [-0.2, 0) is 11.2 Å². The molecule has 0 unspecified atom stereocenters. The van der Waals surface area contributed by atoms with Gasteiger partial charge in [0.25, 0.3) is 5.91 Å². The molecule has 0 aliphatic rings. The van der Waals surface area contributed by atoms with E-state index in [2.05, 4.69) is 17.4 Å². The number of hydrogen-bond donors (Lipinski definition) is 1. The van der Waals surface area contributed by atoms with Gasteiger partial charge in [-0.15, -0.1) is 0 Å². The minimum atomic E-state index is -0.289. The molecule has 23 heavy (non-hydrogen) atoms. The van der Waals surface area contributed by atoms with Crippen molar-refractivity contribution in [1.29, 1.82) is 0 Å². The average molecular weight is 311 g/mol. The number of benzene rings is 2. The Balaban J connectivity index is 1.76. The SMILES string of the molecule is CCC(=O)Oc1ccc(C(=O)NCCCc2ccccc2)cc1. The van der Waals surface area contributed by atoms with E-state index in [-0.39, 0.29) is 11.9 Å². The first kappa shape index (κ1) is 16.7. The summed E-state index contributed by atoms with van der Waals surface area (Å²) in [5.74, 6) is 0.0482. The number of ether oxygens (including phenoxy) is 1. The maximum atomic E-state index is 12.0. The van der Waals surface area contributed by atoms with Crippen LogP contribution in [0.2, 0.25) is 0 Å². The topological polar surface area (TPSA) is 55.4 Å². The van der Waals surface area contributed by atoms with Gasteiger partial charge < -0.3 is 10.1 Å². The van der Waals surface area contributed by atoms with Crippen LogP contribution >= 0.6 is 0 Å². The molecule has 2 aromatic rings. The van der Waals surface area contributed by atoms with Crippen molar-refractivity contribution in [2.45, 2.75) is 26.2 Å². The molecule has 0 radical (unpaired) electrons. The summed E-state index contributed by atoms with van der Waals surface area (Å²) in [5.41, 5.74) is 1.82. The standard InChI is InChI=1S/C19H21NO3/c1-2-18(21)23-17-12-10-16(11-13-17)19(22)20-14-6-9-15-7-4-3-5-8-15/h3-5,7-8,10-13H,2,6,9,14H2,1H3,(H,20,22). The summed E-state index contributed by atoms with van der Waals surface area (Å²) in [5, 5.41) is 2.89. The lowest BCUT2D eigenvalue weighted by atomic mass is 10.1. The van der Waals surface area contributed by atoms with Gasteiger partial charge in [-0.25, -0.2) is 0 Å². The maximum Gasteiger partial charge on any atom is 0.310 e. The van der Waals surface area contributed by atoms with Crippen molar-refractivity contribution >= 4 is 11.9 Å². The van der Waals surface area contributed by atoms with Gasteiger partial charge in [0, 0.05) is 18.5 Å². The molecule has 2 rings (SSSR count). The van der Waals surface area contributed by atoms with Gasteiger partial charge in [-0.05, 0) is 42.7 Å². The second-order valence-corrected chi connectivity index (χ2v) is 5.20. The third-order valence-electron chi connectivity index (χ3n) is 3.41. The predicted molar refractivity (Wildman–Crippen MR) is 89.5 cm³/mol. The Labute approximate surface area is 136 Å². The molecule has 4 heteroatoms. The summed E-state index contributed by atoms with van der Waals surface area (Å²) in [7, 11) is 0. The summed E-state index contributed by atoms with van der Waals surface area (Å²) in [6.45, 7) is 2.36. The van der Waals surface area contributed by atoms with Gasteiger partial charge in [-0.3, -0.25) is 9.59 Å². The van der Waals surface area contributed by atoms with Crippen molar-refractivity contribution in [2.75, 3.05) is 6.54 Å². The Morgan fingerprint density at radius 1 is 1.00 bits per heavy atom. The lowest BCUT2D eigenvalue weighted by Gasteiger charge is -2.07. The number of rotatable bonds is 7. The monoisotopic (exact) mass is 311 g/mol.